The van der Waals surface area contributed by atoms with Gasteiger partial charge in [0.05, 0.1) is 0 Å². The lowest BCUT2D eigenvalue weighted by molar-refractivity contribution is 0.0946. The smallest absolute Gasteiger partial charge is 0.273 e. The van der Waals surface area contributed by atoms with E-state index in [4.69, 9.17) is 5.73 Å². The molecule has 1 aromatic heterocycles. The van der Waals surface area contributed by atoms with Crippen molar-refractivity contribution in [3.8, 4) is 0 Å². The van der Waals surface area contributed by atoms with Crippen LogP contribution in [0, 0.1) is 0 Å². The molecule has 16 heavy (non-hydrogen) atoms. The first-order valence-electron chi connectivity index (χ1n) is 5.35. The van der Waals surface area contributed by atoms with E-state index in [-0.39, 0.29) is 17.4 Å². The van der Waals surface area contributed by atoms with E-state index < -0.39 is 0 Å². The van der Waals surface area contributed by atoms with Crippen molar-refractivity contribution in [2.45, 2.75) is 18.9 Å². The monoisotopic (exact) mass is 221 g/mol. The maximum atomic E-state index is 11.7. The zero-order valence-corrected chi connectivity index (χ0v) is 8.94. The summed E-state index contributed by atoms with van der Waals surface area (Å²) in [7, 11) is 0. The molecule has 2 heterocycles. The number of carbonyl (C=O) groups excluding carboxylic acids is 1. The van der Waals surface area contributed by atoms with E-state index in [1.807, 2.05) is 0 Å². The minimum Gasteiger partial charge on any atom is -0.382 e. The van der Waals surface area contributed by atoms with E-state index in [2.05, 4.69) is 20.6 Å². The van der Waals surface area contributed by atoms with Crippen molar-refractivity contribution in [2.75, 3.05) is 18.8 Å². The van der Waals surface area contributed by atoms with Crippen molar-refractivity contribution in [1.29, 1.82) is 0 Å². The third-order valence-corrected chi connectivity index (χ3v) is 2.61. The molecule has 1 fully saturated rings. The van der Waals surface area contributed by atoms with Crippen LogP contribution in [0.25, 0.3) is 0 Å². The molecule has 1 aliphatic heterocycles. The molecule has 1 aromatic rings. The van der Waals surface area contributed by atoms with Crippen molar-refractivity contribution in [3.05, 3.63) is 18.1 Å². The van der Waals surface area contributed by atoms with Gasteiger partial charge in [0.2, 0.25) is 0 Å². The fraction of sp³-hybridized carbons (Fsp3) is 0.500. The van der Waals surface area contributed by atoms with E-state index in [0.717, 1.165) is 19.4 Å². The molecule has 0 bridgehead atoms. The minimum absolute atomic E-state index is 0.166. The highest BCUT2D eigenvalue weighted by Crippen LogP contribution is 2.05. The van der Waals surface area contributed by atoms with E-state index in [0.29, 0.717) is 12.6 Å². The molecule has 4 N–H and O–H groups in total. The van der Waals surface area contributed by atoms with Crippen molar-refractivity contribution in [3.63, 3.8) is 0 Å². The Hall–Kier alpha value is -1.69. The van der Waals surface area contributed by atoms with Crippen LogP contribution < -0.4 is 16.4 Å². The Morgan fingerprint density at radius 3 is 3.06 bits per heavy atom. The molecule has 1 atom stereocenters. The van der Waals surface area contributed by atoms with E-state index in [9.17, 15) is 4.79 Å². The Balaban J connectivity index is 1.90. The van der Waals surface area contributed by atoms with Crippen molar-refractivity contribution < 1.29 is 4.79 Å². The van der Waals surface area contributed by atoms with Gasteiger partial charge >= 0.3 is 0 Å². The third kappa shape index (κ3) is 2.46. The van der Waals surface area contributed by atoms with Crippen LogP contribution in [0.1, 0.15) is 23.3 Å². The molecule has 1 saturated heterocycles. The second kappa shape index (κ2) is 4.89. The highest BCUT2D eigenvalue weighted by molar-refractivity contribution is 5.96. The molecule has 2 rings (SSSR count). The van der Waals surface area contributed by atoms with Gasteiger partial charge in [0, 0.05) is 25.0 Å². The largest absolute Gasteiger partial charge is 0.382 e. The van der Waals surface area contributed by atoms with Crippen molar-refractivity contribution >= 4 is 11.7 Å². The molecule has 1 amide bonds. The number of nitrogens with zero attached hydrogens (tertiary/aromatic N) is 2. The molecular weight excluding hydrogens is 206 g/mol. The number of nitrogens with two attached hydrogens (primary N) is 1. The molecule has 0 radical (unpaired) electrons. The molecule has 1 unspecified atom stereocenters. The first-order chi connectivity index (χ1) is 7.77. The van der Waals surface area contributed by atoms with Gasteiger partial charge < -0.3 is 16.4 Å². The van der Waals surface area contributed by atoms with Crippen LogP contribution in [0.5, 0.6) is 0 Å². The quantitative estimate of drug-likeness (QED) is 0.642. The summed E-state index contributed by atoms with van der Waals surface area (Å²) >= 11 is 0. The number of nitrogen functional groups attached to an aromatic ring is 1. The average molecular weight is 221 g/mol. The van der Waals surface area contributed by atoms with E-state index in [1.54, 1.807) is 0 Å². The molecule has 0 spiro atoms. The summed E-state index contributed by atoms with van der Waals surface area (Å²) in [5.74, 6) is -0.0984. The van der Waals surface area contributed by atoms with Crippen LogP contribution in [0.15, 0.2) is 12.4 Å². The lowest BCUT2D eigenvalue weighted by atomic mass is 10.2. The summed E-state index contributed by atoms with van der Waals surface area (Å²) in [4.78, 5) is 19.4. The summed E-state index contributed by atoms with van der Waals surface area (Å²) in [6.07, 6.45) is 5.17. The summed E-state index contributed by atoms with van der Waals surface area (Å²) in [5, 5.41) is 6.09. The lowest BCUT2D eigenvalue weighted by Gasteiger charge is -2.11. The molecule has 0 aromatic carbocycles. The van der Waals surface area contributed by atoms with Crippen LogP contribution in [0.4, 0.5) is 5.82 Å². The Kier molecular flexibility index (Phi) is 3.31. The Morgan fingerprint density at radius 2 is 2.38 bits per heavy atom. The number of nitrogens with one attached hydrogen (secondary N) is 2. The van der Waals surface area contributed by atoms with Crippen LogP contribution in [0.3, 0.4) is 0 Å². The van der Waals surface area contributed by atoms with Gasteiger partial charge in [-0.2, -0.15) is 0 Å². The lowest BCUT2D eigenvalue weighted by Crippen LogP contribution is -2.37. The summed E-state index contributed by atoms with van der Waals surface area (Å²) in [6, 6.07) is 0.363. The van der Waals surface area contributed by atoms with Crippen LogP contribution >= 0.6 is 0 Å². The van der Waals surface area contributed by atoms with Gasteiger partial charge in [0.1, 0.15) is 0 Å². The maximum absolute atomic E-state index is 11.7. The normalized spacial score (nSPS) is 19.6. The Labute approximate surface area is 93.7 Å². The second-order valence-electron chi connectivity index (χ2n) is 3.79. The van der Waals surface area contributed by atoms with Gasteiger partial charge in [-0.1, -0.05) is 0 Å². The first-order valence-corrected chi connectivity index (χ1v) is 5.35. The number of aromatic nitrogens is 2. The number of carbonyl (C=O) groups is 1. The van der Waals surface area contributed by atoms with Gasteiger partial charge in [0.25, 0.3) is 5.91 Å². The van der Waals surface area contributed by atoms with Crippen molar-refractivity contribution in [2.24, 2.45) is 0 Å². The van der Waals surface area contributed by atoms with Gasteiger partial charge in [0.15, 0.2) is 11.5 Å². The topological polar surface area (TPSA) is 92.9 Å². The SMILES string of the molecule is Nc1nccnc1C(=O)NCC1CCCN1. The number of amides is 1. The van der Waals surface area contributed by atoms with Crippen molar-refractivity contribution in [1.82, 2.24) is 20.6 Å². The van der Waals surface area contributed by atoms with E-state index in [1.165, 1.54) is 12.4 Å². The molecule has 6 heteroatoms. The molecule has 86 valence electrons. The maximum Gasteiger partial charge on any atom is 0.273 e. The number of hydrogen-bond acceptors (Lipinski definition) is 5. The average Bonchev–Trinajstić information content (AvgIpc) is 2.79. The van der Waals surface area contributed by atoms with Crippen LogP contribution in [-0.2, 0) is 0 Å². The highest BCUT2D eigenvalue weighted by atomic mass is 16.1. The minimum atomic E-state index is -0.265. The molecule has 0 saturated carbocycles. The van der Waals surface area contributed by atoms with Crippen LogP contribution in [0.2, 0.25) is 0 Å². The Morgan fingerprint density at radius 1 is 1.56 bits per heavy atom. The van der Waals surface area contributed by atoms with Gasteiger partial charge in [-0.15, -0.1) is 0 Å². The number of hydrogen-bond donors (Lipinski definition) is 3. The fourth-order valence-corrected chi connectivity index (χ4v) is 1.75. The highest BCUT2D eigenvalue weighted by Gasteiger charge is 2.17. The second-order valence-corrected chi connectivity index (χ2v) is 3.79. The zero-order valence-electron chi connectivity index (χ0n) is 8.94. The molecule has 6 nitrogen and oxygen atoms in total. The zero-order chi connectivity index (χ0) is 11.4. The fourth-order valence-electron chi connectivity index (χ4n) is 1.75. The van der Waals surface area contributed by atoms with E-state index >= 15 is 0 Å². The van der Waals surface area contributed by atoms with Gasteiger partial charge in [-0.05, 0) is 19.4 Å². The molecule has 1 aliphatic rings. The predicted octanol–water partition coefficient (Wildman–Crippen LogP) is -0.459. The Bertz CT molecular complexity index is 375. The molecule has 0 aliphatic carbocycles. The van der Waals surface area contributed by atoms with Crippen LogP contribution in [-0.4, -0.2) is 35.0 Å². The van der Waals surface area contributed by atoms with Gasteiger partial charge in [-0.3, -0.25) is 4.79 Å². The van der Waals surface area contributed by atoms with Gasteiger partial charge in [-0.25, -0.2) is 9.97 Å². The summed E-state index contributed by atoms with van der Waals surface area (Å²) in [6.45, 7) is 1.63. The summed E-state index contributed by atoms with van der Waals surface area (Å²) < 4.78 is 0. The molecular formula is C10H15N5O. The summed E-state index contributed by atoms with van der Waals surface area (Å²) in [5.41, 5.74) is 5.75. The third-order valence-electron chi connectivity index (χ3n) is 2.61. The predicted molar refractivity (Wildman–Crippen MR) is 59.8 cm³/mol. The number of rotatable bonds is 3. The number of anilines is 1. The first kappa shape index (κ1) is 10.8. The standard InChI is InChI=1S/C10H15N5O/c11-9-8(13-4-5-14-9)10(16)15-6-7-2-1-3-12-7/h4-5,7,12H,1-3,6H2,(H2,11,14)(H,15,16).